The maximum absolute atomic E-state index is 10.6. The molecule has 0 aliphatic carbocycles. The Bertz CT molecular complexity index is 517. The maximum Gasteiger partial charge on any atom is 0.158 e. The zero-order valence-electron chi connectivity index (χ0n) is 9.02. The molecule has 1 aromatic carbocycles. The number of methoxy groups -OCH3 is 1. The molecule has 16 heavy (non-hydrogen) atoms. The highest BCUT2D eigenvalue weighted by Crippen LogP contribution is 2.20. The first-order valence-corrected chi connectivity index (χ1v) is 4.72. The van der Waals surface area contributed by atoms with E-state index in [2.05, 4.69) is 17.1 Å². The molecule has 2 rings (SSSR count). The highest BCUT2D eigenvalue weighted by molar-refractivity contribution is 5.75. The third-order valence-corrected chi connectivity index (χ3v) is 2.16. The van der Waals surface area contributed by atoms with Crippen LogP contribution >= 0.6 is 0 Å². The molecule has 0 fully saturated rings. The molecule has 0 amide bonds. The van der Waals surface area contributed by atoms with Crippen molar-refractivity contribution in [1.29, 1.82) is 0 Å². The Hall–Kier alpha value is -2.28. The number of aryl methyl sites for hydroxylation is 1. The highest BCUT2D eigenvalue weighted by Gasteiger charge is 2.06. The van der Waals surface area contributed by atoms with Crippen molar-refractivity contribution >= 4 is 6.29 Å². The van der Waals surface area contributed by atoms with Crippen molar-refractivity contribution in [2.24, 2.45) is 0 Å². The van der Waals surface area contributed by atoms with Crippen LogP contribution in [0, 0.1) is 19.1 Å². The average Bonchev–Trinajstić information content (AvgIpc) is 2.74. The standard InChI is InChI=1S/C12H10N2O2/c1-9-6-14(8-13-9)11-4-3-10(7-15)5-12(11)16-2/h5-8H,1-2H3. The number of hydrogen-bond donors (Lipinski definition) is 0. The number of nitrogens with zero attached hydrogens (tertiary/aromatic N) is 2. The third kappa shape index (κ3) is 1.75. The summed E-state index contributed by atoms with van der Waals surface area (Å²) in [6.45, 7) is 1.90. The summed E-state index contributed by atoms with van der Waals surface area (Å²) in [5.74, 6) is 0.568. The van der Waals surface area contributed by atoms with Gasteiger partial charge in [-0.1, -0.05) is 6.07 Å². The van der Waals surface area contributed by atoms with E-state index in [0.29, 0.717) is 23.3 Å². The van der Waals surface area contributed by atoms with Crippen LogP contribution in [0.5, 0.6) is 5.75 Å². The average molecular weight is 214 g/mol. The minimum absolute atomic E-state index is 0.414. The van der Waals surface area contributed by atoms with Crippen LogP contribution in [0.25, 0.3) is 5.69 Å². The Balaban J connectivity index is 2.52. The number of ether oxygens (including phenoxy) is 1. The molecule has 0 bridgehead atoms. The Kier molecular flexibility index (Phi) is 2.61. The molecule has 0 unspecified atom stereocenters. The van der Waals surface area contributed by atoms with Gasteiger partial charge in [-0.15, -0.1) is 0 Å². The lowest BCUT2D eigenvalue weighted by Crippen LogP contribution is -1.95. The van der Waals surface area contributed by atoms with Crippen LogP contribution in [0.1, 0.15) is 16.1 Å². The van der Waals surface area contributed by atoms with Gasteiger partial charge in [0.05, 0.1) is 18.4 Å². The van der Waals surface area contributed by atoms with Crippen molar-refractivity contribution in [3.63, 3.8) is 0 Å². The van der Waals surface area contributed by atoms with Crippen molar-refractivity contribution in [2.75, 3.05) is 7.11 Å². The van der Waals surface area contributed by atoms with Gasteiger partial charge in [0.1, 0.15) is 12.0 Å². The smallest absolute Gasteiger partial charge is 0.158 e. The third-order valence-electron chi connectivity index (χ3n) is 2.16. The summed E-state index contributed by atoms with van der Waals surface area (Å²) in [5, 5.41) is 0. The summed E-state index contributed by atoms with van der Waals surface area (Å²) in [5.41, 5.74) is 2.00. The molecule has 80 valence electrons. The van der Waals surface area contributed by atoms with Crippen LogP contribution in [0.3, 0.4) is 0 Å². The fourth-order valence-electron chi connectivity index (χ4n) is 1.39. The topological polar surface area (TPSA) is 44.1 Å². The Morgan fingerprint density at radius 1 is 1.50 bits per heavy atom. The normalized spacial score (nSPS) is 9.62. The Morgan fingerprint density at radius 3 is 2.88 bits per heavy atom. The minimum Gasteiger partial charge on any atom is -0.494 e. The van der Waals surface area contributed by atoms with Gasteiger partial charge in [-0.3, -0.25) is 9.36 Å². The SMILES string of the molecule is COc1cc(C=O)c#cc1-n1cnc(C)c1. The molecule has 0 atom stereocenters. The molecule has 4 nitrogen and oxygen atoms in total. The summed E-state index contributed by atoms with van der Waals surface area (Å²) < 4.78 is 6.97. The molecule has 0 aliphatic rings. The van der Waals surface area contributed by atoms with Crippen LogP contribution in [0.2, 0.25) is 0 Å². The fourth-order valence-corrected chi connectivity index (χ4v) is 1.39. The van der Waals surface area contributed by atoms with E-state index in [0.717, 1.165) is 5.69 Å². The monoisotopic (exact) mass is 214 g/mol. The number of rotatable bonds is 3. The van der Waals surface area contributed by atoms with Crippen LogP contribution in [-0.2, 0) is 0 Å². The van der Waals surface area contributed by atoms with Gasteiger partial charge in [0.25, 0.3) is 0 Å². The second kappa shape index (κ2) is 4.07. The predicted molar refractivity (Wildman–Crippen MR) is 57.9 cm³/mol. The lowest BCUT2D eigenvalue weighted by atomic mass is 10.2. The van der Waals surface area contributed by atoms with Gasteiger partial charge in [0.15, 0.2) is 12.0 Å². The summed E-state index contributed by atoms with van der Waals surface area (Å²) in [6.07, 6.45) is 4.23. The van der Waals surface area contributed by atoms with Crippen molar-refractivity contribution in [3.8, 4) is 11.4 Å². The molecular formula is C12H10N2O2. The molecule has 4 heteroatoms. The molecular weight excluding hydrogens is 204 g/mol. The first kappa shape index (κ1) is 10.2. The Labute approximate surface area is 93.5 Å². The van der Waals surface area contributed by atoms with Crippen molar-refractivity contribution in [1.82, 2.24) is 9.55 Å². The van der Waals surface area contributed by atoms with Gasteiger partial charge in [-0.05, 0) is 13.0 Å². The van der Waals surface area contributed by atoms with Gasteiger partial charge in [0, 0.05) is 12.3 Å². The second-order valence-electron chi connectivity index (χ2n) is 3.31. The first-order valence-electron chi connectivity index (χ1n) is 4.72. The number of imidazole rings is 1. The van der Waals surface area contributed by atoms with Crippen LogP contribution in [0.4, 0.5) is 0 Å². The molecule has 0 radical (unpaired) electrons. The van der Waals surface area contributed by atoms with Crippen LogP contribution in [0.15, 0.2) is 18.6 Å². The number of aromatic nitrogens is 2. The molecule has 2 aromatic rings. The lowest BCUT2D eigenvalue weighted by molar-refractivity contribution is 0.112. The predicted octanol–water partition coefficient (Wildman–Crippen LogP) is 1.60. The zero-order chi connectivity index (χ0) is 11.5. The molecule has 0 aliphatic heterocycles. The summed E-state index contributed by atoms with van der Waals surface area (Å²) in [7, 11) is 1.55. The number of carbonyl (C=O) groups is 1. The Morgan fingerprint density at radius 2 is 2.31 bits per heavy atom. The quantitative estimate of drug-likeness (QED) is 0.729. The second-order valence-corrected chi connectivity index (χ2v) is 3.31. The van der Waals surface area contributed by atoms with E-state index in [1.54, 1.807) is 24.1 Å². The molecule has 0 spiro atoms. The number of hydrogen-bond acceptors (Lipinski definition) is 3. The van der Waals surface area contributed by atoms with E-state index in [-0.39, 0.29) is 0 Å². The van der Waals surface area contributed by atoms with Gasteiger partial charge in [-0.25, -0.2) is 4.98 Å². The van der Waals surface area contributed by atoms with Gasteiger partial charge in [-0.2, -0.15) is 0 Å². The molecule has 1 heterocycles. The summed E-state index contributed by atoms with van der Waals surface area (Å²) in [6, 6.07) is 7.25. The number of carbonyl (C=O) groups excluding carboxylic acids is 1. The largest absolute Gasteiger partial charge is 0.494 e. The highest BCUT2D eigenvalue weighted by atomic mass is 16.5. The minimum atomic E-state index is 0.414. The van der Waals surface area contributed by atoms with Crippen molar-refractivity contribution in [2.45, 2.75) is 6.92 Å². The lowest BCUT2D eigenvalue weighted by Gasteiger charge is -2.05. The van der Waals surface area contributed by atoms with E-state index >= 15 is 0 Å². The van der Waals surface area contributed by atoms with E-state index in [9.17, 15) is 4.79 Å². The molecule has 1 aromatic heterocycles. The maximum atomic E-state index is 10.6. The van der Waals surface area contributed by atoms with Crippen molar-refractivity contribution in [3.05, 3.63) is 42.0 Å². The van der Waals surface area contributed by atoms with Crippen molar-refractivity contribution < 1.29 is 9.53 Å². The van der Waals surface area contributed by atoms with E-state index in [1.807, 2.05) is 13.1 Å². The summed E-state index contributed by atoms with van der Waals surface area (Å²) in [4.78, 5) is 14.7. The van der Waals surface area contributed by atoms with Gasteiger partial charge >= 0.3 is 0 Å². The van der Waals surface area contributed by atoms with Crippen LogP contribution < -0.4 is 4.74 Å². The summed E-state index contributed by atoms with van der Waals surface area (Å²) >= 11 is 0. The molecule has 0 saturated heterocycles. The zero-order valence-corrected chi connectivity index (χ0v) is 9.02. The van der Waals surface area contributed by atoms with Gasteiger partial charge in [0.2, 0.25) is 0 Å². The van der Waals surface area contributed by atoms with E-state index < -0.39 is 0 Å². The van der Waals surface area contributed by atoms with E-state index in [1.165, 1.54) is 0 Å². The van der Waals surface area contributed by atoms with Gasteiger partial charge < -0.3 is 4.74 Å². The fraction of sp³-hybridized carbons (Fsp3) is 0.167. The van der Waals surface area contributed by atoms with Crippen LogP contribution in [-0.4, -0.2) is 22.9 Å². The number of aldehydes is 1. The van der Waals surface area contributed by atoms with E-state index in [4.69, 9.17) is 4.74 Å². The molecule has 0 N–H and O–H groups in total. The molecule has 0 saturated carbocycles. The first-order chi connectivity index (χ1) is 7.74.